The fraction of sp³-hybridized carbons (Fsp3) is 0.235. The highest BCUT2D eigenvalue weighted by Gasteiger charge is 2.22. The van der Waals surface area contributed by atoms with Crippen LogP contribution in [0.2, 0.25) is 0 Å². The summed E-state index contributed by atoms with van der Waals surface area (Å²) in [6, 6.07) is 10.2. The van der Waals surface area contributed by atoms with Gasteiger partial charge in [0, 0.05) is 11.8 Å². The zero-order valence-electron chi connectivity index (χ0n) is 11.8. The van der Waals surface area contributed by atoms with E-state index in [1.807, 2.05) is 0 Å². The van der Waals surface area contributed by atoms with Crippen LogP contribution in [0.5, 0.6) is 5.75 Å². The minimum absolute atomic E-state index is 0.109. The van der Waals surface area contributed by atoms with Gasteiger partial charge in [-0.25, -0.2) is 4.79 Å². The second kappa shape index (κ2) is 5.86. The number of rotatable bonds is 5. The van der Waals surface area contributed by atoms with Crippen molar-refractivity contribution in [2.75, 3.05) is 6.61 Å². The molecule has 0 bridgehead atoms. The van der Waals surface area contributed by atoms with Crippen LogP contribution in [0, 0.1) is 17.2 Å². The molecular formula is C17H14N2O3. The van der Waals surface area contributed by atoms with Gasteiger partial charge in [-0.15, -0.1) is 0 Å². The summed E-state index contributed by atoms with van der Waals surface area (Å²) in [7, 11) is 0. The summed E-state index contributed by atoms with van der Waals surface area (Å²) in [6.07, 6.45) is 3.89. The summed E-state index contributed by atoms with van der Waals surface area (Å²) in [5.74, 6) is 0.0854. The number of hydrogen-bond acceptors (Lipinski definition) is 4. The second-order valence-corrected chi connectivity index (χ2v) is 5.28. The minimum atomic E-state index is -1.05. The number of ether oxygens (including phenoxy) is 1. The number of carboxylic acids is 1. The molecule has 1 heterocycles. The Hall–Kier alpha value is -2.87. The first kappa shape index (κ1) is 14.1. The van der Waals surface area contributed by atoms with E-state index in [9.17, 15) is 15.2 Å². The molecule has 1 aromatic heterocycles. The van der Waals surface area contributed by atoms with Gasteiger partial charge in [0.15, 0.2) is 0 Å². The number of nitrogens with zero attached hydrogens (tertiary/aromatic N) is 2. The normalized spacial score (nSPS) is 13.4. The number of pyridine rings is 1. The third-order valence-electron chi connectivity index (χ3n) is 3.58. The fourth-order valence-corrected chi connectivity index (χ4v) is 2.19. The van der Waals surface area contributed by atoms with E-state index in [0.717, 1.165) is 0 Å². The monoisotopic (exact) mass is 294 g/mol. The highest BCUT2D eigenvalue weighted by molar-refractivity contribution is 5.94. The smallest absolute Gasteiger partial charge is 0.337 e. The van der Waals surface area contributed by atoms with Crippen molar-refractivity contribution >= 4 is 5.97 Å². The summed E-state index contributed by atoms with van der Waals surface area (Å²) in [5, 5.41) is 18.5. The van der Waals surface area contributed by atoms with Crippen LogP contribution in [0.3, 0.4) is 0 Å². The minimum Gasteiger partial charge on any atom is -0.492 e. The van der Waals surface area contributed by atoms with Gasteiger partial charge in [-0.1, -0.05) is 0 Å². The van der Waals surface area contributed by atoms with Crippen LogP contribution in [0.15, 0.2) is 36.5 Å². The Bertz CT molecular complexity index is 761. The van der Waals surface area contributed by atoms with E-state index in [0.29, 0.717) is 35.1 Å². The van der Waals surface area contributed by atoms with E-state index < -0.39 is 5.97 Å². The van der Waals surface area contributed by atoms with Gasteiger partial charge in [0.2, 0.25) is 0 Å². The molecule has 0 unspecified atom stereocenters. The molecule has 1 aromatic carbocycles. The van der Waals surface area contributed by atoms with Crippen LogP contribution in [-0.4, -0.2) is 22.7 Å². The van der Waals surface area contributed by atoms with Crippen molar-refractivity contribution in [1.82, 2.24) is 4.98 Å². The molecule has 3 rings (SSSR count). The van der Waals surface area contributed by atoms with Crippen LogP contribution < -0.4 is 4.74 Å². The van der Waals surface area contributed by atoms with Crippen molar-refractivity contribution in [3.05, 3.63) is 47.7 Å². The number of hydrogen-bond donors (Lipinski definition) is 1. The molecule has 22 heavy (non-hydrogen) atoms. The first-order valence-corrected chi connectivity index (χ1v) is 7.04. The van der Waals surface area contributed by atoms with E-state index in [-0.39, 0.29) is 5.56 Å². The molecule has 0 saturated heterocycles. The van der Waals surface area contributed by atoms with Crippen molar-refractivity contribution in [1.29, 1.82) is 5.26 Å². The first-order chi connectivity index (χ1) is 10.7. The number of carboxylic acid groups (broad SMARTS) is 1. The summed E-state index contributed by atoms with van der Waals surface area (Å²) in [4.78, 5) is 15.4. The molecule has 5 heteroatoms. The van der Waals surface area contributed by atoms with Crippen LogP contribution >= 0.6 is 0 Å². The van der Waals surface area contributed by atoms with Gasteiger partial charge in [0.25, 0.3) is 0 Å². The number of nitriles is 1. The molecule has 1 aliphatic rings. The van der Waals surface area contributed by atoms with Crippen molar-refractivity contribution in [3.8, 4) is 23.1 Å². The van der Waals surface area contributed by atoms with Gasteiger partial charge in [0.1, 0.15) is 11.8 Å². The second-order valence-electron chi connectivity index (χ2n) is 5.28. The lowest BCUT2D eigenvalue weighted by atomic mass is 10.0. The largest absolute Gasteiger partial charge is 0.492 e. The Balaban J connectivity index is 1.95. The lowest BCUT2D eigenvalue weighted by Crippen LogP contribution is -2.03. The van der Waals surface area contributed by atoms with Crippen LogP contribution in [0.4, 0.5) is 0 Å². The predicted molar refractivity (Wildman–Crippen MR) is 79.6 cm³/mol. The van der Waals surface area contributed by atoms with E-state index in [2.05, 4.69) is 11.1 Å². The fourth-order valence-electron chi connectivity index (χ4n) is 2.19. The first-order valence-electron chi connectivity index (χ1n) is 7.04. The average molecular weight is 294 g/mol. The summed E-state index contributed by atoms with van der Waals surface area (Å²) >= 11 is 0. The predicted octanol–water partition coefficient (Wildman–Crippen LogP) is 3.11. The van der Waals surface area contributed by atoms with Crippen LogP contribution in [-0.2, 0) is 0 Å². The van der Waals surface area contributed by atoms with Crippen molar-refractivity contribution in [3.63, 3.8) is 0 Å². The molecule has 0 amide bonds. The van der Waals surface area contributed by atoms with Gasteiger partial charge < -0.3 is 9.84 Å². The molecule has 5 nitrogen and oxygen atoms in total. The Morgan fingerprint density at radius 3 is 2.91 bits per heavy atom. The van der Waals surface area contributed by atoms with Crippen LogP contribution in [0.25, 0.3) is 11.3 Å². The average Bonchev–Trinajstić information content (AvgIpc) is 3.37. The molecule has 0 aliphatic heterocycles. The van der Waals surface area contributed by atoms with Gasteiger partial charge >= 0.3 is 5.97 Å². The van der Waals surface area contributed by atoms with E-state index >= 15 is 0 Å². The molecule has 1 N–H and O–H groups in total. The molecule has 0 atom stereocenters. The quantitative estimate of drug-likeness (QED) is 0.916. The van der Waals surface area contributed by atoms with Crippen molar-refractivity contribution < 1.29 is 14.6 Å². The molecule has 0 spiro atoms. The number of carbonyl (C=O) groups is 1. The lowest BCUT2D eigenvalue weighted by molar-refractivity contribution is 0.0697. The highest BCUT2D eigenvalue weighted by Crippen LogP contribution is 2.32. The third kappa shape index (κ3) is 2.91. The summed E-state index contributed by atoms with van der Waals surface area (Å²) in [6.45, 7) is 0.623. The zero-order chi connectivity index (χ0) is 15.5. The summed E-state index contributed by atoms with van der Waals surface area (Å²) < 4.78 is 5.66. The van der Waals surface area contributed by atoms with E-state index in [4.69, 9.17) is 4.74 Å². The maximum Gasteiger partial charge on any atom is 0.337 e. The number of benzene rings is 1. The lowest BCUT2D eigenvalue weighted by Gasteiger charge is -2.10. The van der Waals surface area contributed by atoms with E-state index in [1.54, 1.807) is 24.3 Å². The Morgan fingerprint density at radius 2 is 2.23 bits per heavy atom. The Morgan fingerprint density at radius 1 is 1.41 bits per heavy atom. The van der Waals surface area contributed by atoms with E-state index in [1.165, 1.54) is 25.1 Å². The molecule has 1 fully saturated rings. The summed E-state index contributed by atoms with van der Waals surface area (Å²) in [5.41, 5.74) is 1.44. The number of aromatic carboxylic acids is 1. The maximum absolute atomic E-state index is 11.3. The Labute approximate surface area is 127 Å². The topological polar surface area (TPSA) is 83.2 Å². The molecule has 110 valence electrons. The highest BCUT2D eigenvalue weighted by atomic mass is 16.5. The maximum atomic E-state index is 11.3. The number of aromatic nitrogens is 1. The molecular weight excluding hydrogens is 280 g/mol. The molecule has 1 saturated carbocycles. The van der Waals surface area contributed by atoms with Gasteiger partial charge in [0.05, 0.1) is 23.4 Å². The van der Waals surface area contributed by atoms with Gasteiger partial charge in [-0.2, -0.15) is 5.26 Å². The molecule has 0 radical (unpaired) electrons. The third-order valence-corrected chi connectivity index (χ3v) is 3.58. The standard InChI is InChI=1S/C17H14N2O3/c18-9-13-8-12(5-6-15(13)22-10-11-3-4-11)16-14(17(20)21)2-1-7-19-16/h1-2,5-8,11H,3-4,10H2,(H,20,21). The van der Waals surface area contributed by atoms with Crippen LogP contribution in [0.1, 0.15) is 28.8 Å². The molecule has 1 aliphatic carbocycles. The zero-order valence-corrected chi connectivity index (χ0v) is 11.8. The van der Waals surface area contributed by atoms with Crippen molar-refractivity contribution in [2.24, 2.45) is 5.92 Å². The SMILES string of the molecule is N#Cc1cc(-c2ncccc2C(=O)O)ccc1OCC1CC1. The Kier molecular flexibility index (Phi) is 3.75. The van der Waals surface area contributed by atoms with Gasteiger partial charge in [-0.3, -0.25) is 4.98 Å². The van der Waals surface area contributed by atoms with Crippen molar-refractivity contribution in [2.45, 2.75) is 12.8 Å². The van der Waals surface area contributed by atoms with Gasteiger partial charge in [-0.05, 0) is 49.1 Å². The molecule has 2 aromatic rings.